The van der Waals surface area contributed by atoms with Gasteiger partial charge in [-0.2, -0.15) is 0 Å². The van der Waals surface area contributed by atoms with Crippen LogP contribution in [0.2, 0.25) is 0 Å². The minimum absolute atomic E-state index is 0.0515. The van der Waals surface area contributed by atoms with Gasteiger partial charge in [0.05, 0.1) is 24.7 Å². The first-order valence-electron chi connectivity index (χ1n) is 11.9. The zero-order valence-corrected chi connectivity index (χ0v) is 21.3. The second kappa shape index (κ2) is 11.4. The molecule has 0 unspecified atom stereocenters. The van der Waals surface area contributed by atoms with E-state index in [9.17, 15) is 9.59 Å². The quantitative estimate of drug-likeness (QED) is 0.444. The molecule has 0 aliphatic carbocycles. The minimum Gasteiger partial charge on any atom is -0.493 e. The molecule has 7 heteroatoms. The predicted molar refractivity (Wildman–Crippen MR) is 139 cm³/mol. The molecule has 0 radical (unpaired) electrons. The van der Waals surface area contributed by atoms with Crippen molar-refractivity contribution in [2.45, 2.75) is 25.3 Å². The lowest BCUT2D eigenvalue weighted by Gasteiger charge is -2.40. The van der Waals surface area contributed by atoms with Crippen LogP contribution in [-0.4, -0.2) is 62.0 Å². The van der Waals surface area contributed by atoms with E-state index in [0.29, 0.717) is 36.1 Å². The van der Waals surface area contributed by atoms with Crippen LogP contribution in [0.5, 0.6) is 11.5 Å². The van der Waals surface area contributed by atoms with Gasteiger partial charge in [-0.3, -0.25) is 9.59 Å². The molecule has 35 heavy (non-hydrogen) atoms. The molecule has 2 heterocycles. The summed E-state index contributed by atoms with van der Waals surface area (Å²) in [5.41, 5.74) is 1.72. The number of methoxy groups -OCH3 is 2. The second-order valence-electron chi connectivity index (χ2n) is 8.82. The van der Waals surface area contributed by atoms with Crippen LogP contribution in [0.25, 0.3) is 0 Å². The number of amides is 2. The first-order valence-corrected chi connectivity index (χ1v) is 12.8. The van der Waals surface area contributed by atoms with E-state index in [0.717, 1.165) is 24.1 Å². The molecule has 1 aromatic heterocycles. The number of nitrogens with zero attached hydrogens (tertiary/aromatic N) is 2. The highest BCUT2D eigenvalue weighted by Crippen LogP contribution is 2.33. The maximum Gasteiger partial charge on any atom is 0.263 e. The van der Waals surface area contributed by atoms with Gasteiger partial charge in [0, 0.05) is 26.2 Å². The summed E-state index contributed by atoms with van der Waals surface area (Å²) in [6, 6.07) is 19.5. The Kier molecular flexibility index (Phi) is 8.08. The predicted octanol–water partition coefficient (Wildman–Crippen LogP) is 5.00. The first-order chi connectivity index (χ1) is 17.0. The normalized spacial score (nSPS) is 14.9. The third kappa shape index (κ3) is 5.51. The van der Waals surface area contributed by atoms with E-state index in [1.54, 1.807) is 26.4 Å². The third-order valence-electron chi connectivity index (χ3n) is 6.84. The molecule has 1 aliphatic rings. The number of likely N-dealkylation sites (N-methyl/N-ethyl adjacent to an activating group) is 1. The van der Waals surface area contributed by atoms with E-state index in [2.05, 4.69) is 12.1 Å². The molecule has 6 nitrogen and oxygen atoms in total. The van der Waals surface area contributed by atoms with Crippen molar-refractivity contribution in [3.05, 3.63) is 82.0 Å². The van der Waals surface area contributed by atoms with E-state index < -0.39 is 0 Å². The molecule has 1 aliphatic heterocycles. The number of hydrogen-bond acceptors (Lipinski definition) is 5. The Morgan fingerprint density at radius 1 is 1.00 bits per heavy atom. The average Bonchev–Trinajstić information content (AvgIpc) is 3.46. The smallest absolute Gasteiger partial charge is 0.263 e. The molecule has 0 N–H and O–H groups in total. The maximum atomic E-state index is 13.3. The van der Waals surface area contributed by atoms with Crippen molar-refractivity contribution in [2.75, 3.05) is 34.4 Å². The number of rotatable bonds is 8. The highest BCUT2D eigenvalue weighted by atomic mass is 32.1. The lowest BCUT2D eigenvalue weighted by Crippen LogP contribution is -2.48. The lowest BCUT2D eigenvalue weighted by atomic mass is 9.84. The summed E-state index contributed by atoms with van der Waals surface area (Å²) < 4.78 is 10.8. The summed E-state index contributed by atoms with van der Waals surface area (Å²) in [5.74, 6) is 1.30. The van der Waals surface area contributed by atoms with E-state index >= 15 is 0 Å². The number of carbonyl (C=O) groups excluding carboxylic acids is 2. The Bertz CT molecular complexity index is 1130. The average molecular weight is 493 g/mol. The van der Waals surface area contributed by atoms with Gasteiger partial charge in [0.25, 0.3) is 11.8 Å². The zero-order chi connectivity index (χ0) is 24.8. The molecule has 0 saturated carbocycles. The van der Waals surface area contributed by atoms with Crippen molar-refractivity contribution in [1.82, 2.24) is 9.80 Å². The molecule has 1 atom stereocenters. The fourth-order valence-corrected chi connectivity index (χ4v) is 5.62. The number of thiophene rings is 1. The summed E-state index contributed by atoms with van der Waals surface area (Å²) in [6.45, 7) is 1.27. The van der Waals surface area contributed by atoms with Crippen LogP contribution in [0.4, 0.5) is 0 Å². The van der Waals surface area contributed by atoms with Crippen LogP contribution < -0.4 is 9.47 Å². The van der Waals surface area contributed by atoms with Gasteiger partial charge in [-0.1, -0.05) is 42.5 Å². The third-order valence-corrected chi connectivity index (χ3v) is 7.70. The Hall–Kier alpha value is -3.32. The van der Waals surface area contributed by atoms with Gasteiger partial charge < -0.3 is 19.3 Å². The number of hydrogen-bond donors (Lipinski definition) is 0. The highest BCUT2D eigenvalue weighted by Gasteiger charge is 2.34. The zero-order valence-electron chi connectivity index (χ0n) is 20.5. The van der Waals surface area contributed by atoms with Crippen LogP contribution in [0.3, 0.4) is 0 Å². The van der Waals surface area contributed by atoms with Crippen LogP contribution in [0.1, 0.15) is 38.4 Å². The largest absolute Gasteiger partial charge is 0.493 e. The molecule has 2 aromatic carbocycles. The Balaban J connectivity index is 1.50. The minimum atomic E-state index is -0.0539. The van der Waals surface area contributed by atoms with Crippen LogP contribution in [0.15, 0.2) is 66.0 Å². The van der Waals surface area contributed by atoms with Crippen LogP contribution in [-0.2, 0) is 6.42 Å². The summed E-state index contributed by atoms with van der Waals surface area (Å²) in [7, 11) is 5.03. The van der Waals surface area contributed by atoms with Crippen molar-refractivity contribution < 1.29 is 19.1 Å². The monoisotopic (exact) mass is 492 g/mol. The number of ether oxygens (including phenoxy) is 2. The maximum absolute atomic E-state index is 13.3. The fraction of sp³-hybridized carbons (Fsp3) is 0.357. The summed E-state index contributed by atoms with van der Waals surface area (Å²) in [6.07, 6.45) is 2.45. The summed E-state index contributed by atoms with van der Waals surface area (Å²) >= 11 is 1.47. The number of piperidine rings is 1. The molecule has 1 fully saturated rings. The van der Waals surface area contributed by atoms with Crippen molar-refractivity contribution in [1.29, 1.82) is 0 Å². The van der Waals surface area contributed by atoms with Crippen molar-refractivity contribution >= 4 is 23.2 Å². The number of carbonyl (C=O) groups is 2. The van der Waals surface area contributed by atoms with Crippen LogP contribution >= 0.6 is 11.3 Å². The Morgan fingerprint density at radius 3 is 2.37 bits per heavy atom. The Morgan fingerprint density at radius 2 is 1.74 bits per heavy atom. The summed E-state index contributed by atoms with van der Waals surface area (Å²) in [4.78, 5) is 31.1. The number of benzene rings is 2. The number of para-hydroxylation sites is 1. The van der Waals surface area contributed by atoms with Gasteiger partial charge >= 0.3 is 0 Å². The van der Waals surface area contributed by atoms with E-state index in [1.165, 1.54) is 16.9 Å². The topological polar surface area (TPSA) is 59.1 Å². The molecule has 4 rings (SSSR count). The highest BCUT2D eigenvalue weighted by molar-refractivity contribution is 7.12. The molecular formula is C28H32N2O4S. The summed E-state index contributed by atoms with van der Waals surface area (Å²) in [5, 5.41) is 1.93. The molecule has 0 spiro atoms. The molecular weight excluding hydrogens is 460 g/mol. The number of likely N-dealkylation sites (tertiary alicyclic amines) is 1. The molecule has 3 aromatic rings. The van der Waals surface area contributed by atoms with Gasteiger partial charge in [-0.05, 0) is 54.3 Å². The second-order valence-corrected chi connectivity index (χ2v) is 9.77. The van der Waals surface area contributed by atoms with Gasteiger partial charge in [0.15, 0.2) is 11.5 Å². The van der Waals surface area contributed by atoms with Gasteiger partial charge in [-0.15, -0.1) is 11.3 Å². The van der Waals surface area contributed by atoms with E-state index in [4.69, 9.17) is 9.47 Å². The molecule has 1 saturated heterocycles. The van der Waals surface area contributed by atoms with Crippen molar-refractivity contribution in [3.8, 4) is 11.5 Å². The van der Waals surface area contributed by atoms with Gasteiger partial charge in [0.1, 0.15) is 0 Å². The molecule has 0 bridgehead atoms. The van der Waals surface area contributed by atoms with Crippen molar-refractivity contribution in [3.63, 3.8) is 0 Å². The Labute approximate surface area is 211 Å². The van der Waals surface area contributed by atoms with Crippen molar-refractivity contribution in [2.24, 2.45) is 5.92 Å². The van der Waals surface area contributed by atoms with Crippen LogP contribution in [0, 0.1) is 5.92 Å². The van der Waals surface area contributed by atoms with Gasteiger partial charge in [0.2, 0.25) is 0 Å². The van der Waals surface area contributed by atoms with Gasteiger partial charge in [-0.25, -0.2) is 0 Å². The SMILES string of the molecule is COc1cccc(C(=O)N2CCC([C@H](Cc3ccccc3)N(C)C(=O)c3cccs3)CC2)c1OC. The van der Waals surface area contributed by atoms with E-state index in [-0.39, 0.29) is 17.9 Å². The lowest BCUT2D eigenvalue weighted by molar-refractivity contribution is 0.0523. The fourth-order valence-electron chi connectivity index (χ4n) is 4.91. The molecule has 2 amide bonds. The molecule has 184 valence electrons. The first kappa shape index (κ1) is 24.8. The standard InChI is InChI=1S/C28H32N2O4S/c1-29(28(32)25-13-8-18-35-25)23(19-20-9-5-4-6-10-20)21-14-16-30(17-15-21)27(31)22-11-7-12-24(33-2)26(22)34-3/h4-13,18,21,23H,14-17,19H2,1-3H3/t23-/m0/s1. The van der Waals surface area contributed by atoms with E-state index in [1.807, 2.05) is 58.6 Å².